The highest BCUT2D eigenvalue weighted by molar-refractivity contribution is 6.19. The van der Waals surface area contributed by atoms with Gasteiger partial charge in [-0.1, -0.05) is 37.3 Å². The number of nitrogens with one attached hydrogen (secondary N) is 1. The molecule has 0 fully saturated rings. The summed E-state index contributed by atoms with van der Waals surface area (Å²) in [7, 11) is 1.68. The van der Waals surface area contributed by atoms with Gasteiger partial charge in [0.25, 0.3) is 5.91 Å². The number of benzene rings is 2. The van der Waals surface area contributed by atoms with Gasteiger partial charge in [0.2, 0.25) is 11.8 Å². The van der Waals surface area contributed by atoms with E-state index < -0.39 is 5.41 Å². The molecule has 2 heterocycles. The number of pyridine rings is 1. The zero-order valence-corrected chi connectivity index (χ0v) is 22.4. The zero-order valence-electron chi connectivity index (χ0n) is 21.6. The largest absolute Gasteiger partial charge is 0.331 e. The number of carbonyl (C=O) groups is 3. The van der Waals surface area contributed by atoms with Crippen LogP contribution in [0.25, 0.3) is 0 Å². The van der Waals surface area contributed by atoms with E-state index in [0.29, 0.717) is 36.3 Å². The van der Waals surface area contributed by atoms with Crippen LogP contribution in [-0.4, -0.2) is 41.2 Å². The summed E-state index contributed by atoms with van der Waals surface area (Å²) in [5, 5.41) is 2.89. The van der Waals surface area contributed by atoms with Gasteiger partial charge in [-0.2, -0.15) is 0 Å². The van der Waals surface area contributed by atoms with Crippen LogP contribution in [0, 0.1) is 5.41 Å². The monoisotopic (exact) mass is 520 g/mol. The molecule has 194 valence electrons. The molecule has 0 bridgehead atoms. The van der Waals surface area contributed by atoms with Crippen molar-refractivity contribution in [3.05, 3.63) is 89.7 Å². The maximum absolute atomic E-state index is 13.7. The van der Waals surface area contributed by atoms with Gasteiger partial charge in [-0.15, -0.1) is 12.4 Å². The normalized spacial score (nSPS) is 15.1. The molecule has 0 saturated carbocycles. The average Bonchev–Trinajstić information content (AvgIpc) is 2.96. The van der Waals surface area contributed by atoms with Crippen molar-refractivity contribution in [2.75, 3.05) is 23.8 Å². The highest BCUT2D eigenvalue weighted by atomic mass is 35.5. The van der Waals surface area contributed by atoms with Crippen LogP contribution in [0.2, 0.25) is 0 Å². The van der Waals surface area contributed by atoms with Crippen molar-refractivity contribution in [3.63, 3.8) is 0 Å². The Labute approximate surface area is 224 Å². The zero-order chi connectivity index (χ0) is 25.9. The van der Waals surface area contributed by atoms with Crippen LogP contribution < -0.4 is 10.2 Å². The van der Waals surface area contributed by atoms with E-state index in [-0.39, 0.29) is 36.2 Å². The molecular weight excluding hydrogens is 488 g/mol. The highest BCUT2D eigenvalue weighted by Crippen LogP contribution is 2.38. The number of nitrogens with zero attached hydrogens (tertiary/aromatic N) is 3. The van der Waals surface area contributed by atoms with Crippen molar-refractivity contribution in [2.45, 2.75) is 39.7 Å². The Bertz CT molecular complexity index is 1260. The standard InChI is InChI=1S/C29H32N4O3.ClH/c1-5-24(22-13-14-23-25(18-22)32(4)28(36)29(2,3)27(35)31-23)33(17-15-20-10-9-16-30-19-20)26(34)21-11-7-6-8-12-21;/h6-14,16,18-19,24H,5,15,17H2,1-4H3,(H,31,35);1H. The van der Waals surface area contributed by atoms with Crippen molar-refractivity contribution in [2.24, 2.45) is 5.41 Å². The number of carbonyl (C=O) groups excluding carboxylic acids is 3. The number of aromatic nitrogens is 1. The fourth-order valence-corrected chi connectivity index (χ4v) is 4.62. The second kappa shape index (κ2) is 11.6. The summed E-state index contributed by atoms with van der Waals surface area (Å²) in [6.07, 6.45) is 4.90. The molecule has 8 heteroatoms. The van der Waals surface area contributed by atoms with Gasteiger partial charge in [-0.25, -0.2) is 0 Å². The van der Waals surface area contributed by atoms with Gasteiger partial charge in [-0.3, -0.25) is 19.4 Å². The molecule has 0 spiro atoms. The topological polar surface area (TPSA) is 82.6 Å². The molecule has 1 aliphatic rings. The second-order valence-corrected chi connectivity index (χ2v) is 9.62. The Morgan fingerprint density at radius 3 is 2.46 bits per heavy atom. The number of hydrogen-bond donors (Lipinski definition) is 1. The van der Waals surface area contributed by atoms with E-state index in [1.807, 2.05) is 78.7 Å². The first-order chi connectivity index (χ1) is 17.2. The molecule has 0 radical (unpaired) electrons. The van der Waals surface area contributed by atoms with Crippen LogP contribution in [-0.2, 0) is 16.0 Å². The second-order valence-electron chi connectivity index (χ2n) is 9.62. The molecule has 1 aliphatic heterocycles. The first kappa shape index (κ1) is 27.9. The van der Waals surface area contributed by atoms with Gasteiger partial charge in [-0.05, 0) is 68.1 Å². The molecule has 3 aromatic rings. The summed E-state index contributed by atoms with van der Waals surface area (Å²) < 4.78 is 0. The lowest BCUT2D eigenvalue weighted by Crippen LogP contribution is -2.43. The number of halogens is 1. The van der Waals surface area contributed by atoms with E-state index in [2.05, 4.69) is 10.3 Å². The van der Waals surface area contributed by atoms with E-state index in [9.17, 15) is 14.4 Å². The summed E-state index contributed by atoms with van der Waals surface area (Å²) in [6.45, 7) is 5.81. The molecule has 3 amide bonds. The van der Waals surface area contributed by atoms with Crippen molar-refractivity contribution in [1.29, 1.82) is 0 Å². The van der Waals surface area contributed by atoms with Crippen LogP contribution >= 0.6 is 12.4 Å². The molecular formula is C29H33ClN4O3. The van der Waals surface area contributed by atoms with E-state index in [4.69, 9.17) is 0 Å². The van der Waals surface area contributed by atoms with Crippen molar-refractivity contribution in [3.8, 4) is 0 Å². The fourth-order valence-electron chi connectivity index (χ4n) is 4.62. The van der Waals surface area contributed by atoms with Crippen molar-refractivity contribution < 1.29 is 14.4 Å². The summed E-state index contributed by atoms with van der Waals surface area (Å²) in [5.41, 5.74) is 2.59. The smallest absolute Gasteiger partial charge is 0.254 e. The molecule has 1 atom stereocenters. The molecule has 2 aromatic carbocycles. The lowest BCUT2D eigenvalue weighted by atomic mass is 9.91. The third-order valence-electron chi connectivity index (χ3n) is 6.83. The molecule has 1 unspecified atom stereocenters. The third-order valence-corrected chi connectivity index (χ3v) is 6.83. The number of amides is 3. The van der Waals surface area contributed by atoms with E-state index in [0.717, 1.165) is 11.1 Å². The van der Waals surface area contributed by atoms with Gasteiger partial charge in [0.15, 0.2) is 0 Å². The maximum Gasteiger partial charge on any atom is 0.254 e. The Morgan fingerprint density at radius 1 is 1.08 bits per heavy atom. The summed E-state index contributed by atoms with van der Waals surface area (Å²) in [5.74, 6) is -0.673. The lowest BCUT2D eigenvalue weighted by molar-refractivity contribution is -0.136. The van der Waals surface area contributed by atoms with Crippen LogP contribution in [0.15, 0.2) is 73.1 Å². The van der Waals surface area contributed by atoms with Crippen molar-refractivity contribution in [1.82, 2.24) is 9.88 Å². The number of fused-ring (bicyclic) bond motifs is 1. The molecule has 1 N–H and O–H groups in total. The number of anilines is 2. The Hall–Kier alpha value is -3.71. The minimum atomic E-state index is -1.18. The van der Waals surface area contributed by atoms with Crippen LogP contribution in [0.4, 0.5) is 11.4 Å². The predicted octanol–water partition coefficient (Wildman–Crippen LogP) is 5.28. The van der Waals surface area contributed by atoms with Crippen LogP contribution in [0.1, 0.15) is 54.7 Å². The Kier molecular flexibility index (Phi) is 8.71. The van der Waals surface area contributed by atoms with Crippen LogP contribution in [0.5, 0.6) is 0 Å². The molecule has 0 saturated heterocycles. The summed E-state index contributed by atoms with van der Waals surface area (Å²) >= 11 is 0. The van der Waals surface area contributed by atoms with Gasteiger partial charge in [0, 0.05) is 31.5 Å². The summed E-state index contributed by atoms with van der Waals surface area (Å²) in [4.78, 5) is 47.1. The summed E-state index contributed by atoms with van der Waals surface area (Å²) in [6, 6.07) is 18.6. The fraction of sp³-hybridized carbons (Fsp3) is 0.310. The van der Waals surface area contributed by atoms with E-state index in [1.165, 1.54) is 4.90 Å². The third kappa shape index (κ3) is 5.67. The highest BCUT2D eigenvalue weighted by Gasteiger charge is 2.42. The van der Waals surface area contributed by atoms with E-state index in [1.54, 1.807) is 27.1 Å². The molecule has 37 heavy (non-hydrogen) atoms. The van der Waals surface area contributed by atoms with Gasteiger partial charge in [0.1, 0.15) is 5.41 Å². The number of rotatable bonds is 7. The minimum Gasteiger partial charge on any atom is -0.331 e. The van der Waals surface area contributed by atoms with Crippen molar-refractivity contribution >= 4 is 41.5 Å². The first-order valence-corrected chi connectivity index (χ1v) is 12.2. The first-order valence-electron chi connectivity index (χ1n) is 12.2. The quantitative estimate of drug-likeness (QED) is 0.430. The number of hydrogen-bond acceptors (Lipinski definition) is 4. The Balaban J connectivity index is 0.00000380. The molecule has 0 aliphatic carbocycles. The molecule has 4 rings (SSSR count). The van der Waals surface area contributed by atoms with Gasteiger partial charge < -0.3 is 15.1 Å². The molecule has 1 aromatic heterocycles. The van der Waals surface area contributed by atoms with Gasteiger partial charge in [0.05, 0.1) is 17.4 Å². The van der Waals surface area contributed by atoms with Crippen LogP contribution in [0.3, 0.4) is 0 Å². The average molecular weight is 521 g/mol. The lowest BCUT2D eigenvalue weighted by Gasteiger charge is -2.33. The maximum atomic E-state index is 13.7. The Morgan fingerprint density at radius 2 is 1.81 bits per heavy atom. The van der Waals surface area contributed by atoms with E-state index >= 15 is 0 Å². The van der Waals surface area contributed by atoms with Gasteiger partial charge >= 0.3 is 0 Å². The molecule has 7 nitrogen and oxygen atoms in total. The minimum absolute atomic E-state index is 0. The predicted molar refractivity (Wildman–Crippen MR) is 148 cm³/mol. The SMILES string of the molecule is CCC(c1ccc2c(c1)N(C)C(=O)C(C)(C)C(=O)N2)N(CCc1cccnc1)C(=O)c1ccccc1.Cl.